The number of nitrogens with one attached hydrogen (secondary N) is 1. The number of nitriles is 4. The Labute approximate surface area is 152 Å². The molecule has 1 aliphatic heterocycles. The van der Waals surface area contributed by atoms with Crippen molar-refractivity contribution in [1.82, 2.24) is 5.32 Å². The summed E-state index contributed by atoms with van der Waals surface area (Å²) in [7, 11) is 0. The van der Waals surface area contributed by atoms with Gasteiger partial charge in [-0.1, -0.05) is 60.7 Å². The Hall–Kier alpha value is -3.64. The summed E-state index contributed by atoms with van der Waals surface area (Å²) in [5, 5.41) is 42.6. The van der Waals surface area contributed by atoms with E-state index in [4.69, 9.17) is 0 Å². The third-order valence-corrected chi connectivity index (χ3v) is 4.94. The highest BCUT2D eigenvalue weighted by atomic mass is 15.0. The third kappa shape index (κ3) is 2.58. The minimum atomic E-state index is -1.52. The van der Waals surface area contributed by atoms with Crippen LogP contribution in [0.1, 0.15) is 29.6 Å². The molecule has 26 heavy (non-hydrogen) atoms. The molecule has 1 N–H and O–H groups in total. The van der Waals surface area contributed by atoms with E-state index in [1.54, 1.807) is 0 Å². The number of benzene rings is 2. The van der Waals surface area contributed by atoms with Crippen LogP contribution >= 0.6 is 0 Å². The summed E-state index contributed by atoms with van der Waals surface area (Å²) >= 11 is 0. The van der Waals surface area contributed by atoms with E-state index in [-0.39, 0.29) is 6.42 Å². The molecule has 1 heterocycles. The number of hydrogen-bond acceptors (Lipinski definition) is 5. The van der Waals surface area contributed by atoms with Gasteiger partial charge in [0, 0.05) is 6.42 Å². The molecule has 1 fully saturated rings. The van der Waals surface area contributed by atoms with Crippen molar-refractivity contribution in [3.8, 4) is 24.3 Å². The lowest BCUT2D eigenvalue weighted by Gasteiger charge is -2.45. The zero-order chi connectivity index (χ0) is 18.6. The van der Waals surface area contributed by atoms with Gasteiger partial charge in [0.05, 0.1) is 36.4 Å². The smallest absolute Gasteiger partial charge is 0.165 e. The SMILES string of the molecule is N#CC1(C#N)CC(C#N)(C#N)[C@H](c2ccccc2)N[C@@H]1c1ccccc1. The van der Waals surface area contributed by atoms with Crippen LogP contribution in [0.4, 0.5) is 0 Å². The van der Waals surface area contributed by atoms with Gasteiger partial charge in [-0.25, -0.2) is 0 Å². The molecule has 0 aliphatic carbocycles. The quantitative estimate of drug-likeness (QED) is 0.902. The highest BCUT2D eigenvalue weighted by Gasteiger charge is 2.57. The van der Waals surface area contributed by atoms with Gasteiger partial charge in [-0.05, 0) is 11.1 Å². The molecule has 0 amide bonds. The molecule has 124 valence electrons. The molecule has 0 bridgehead atoms. The predicted octanol–water partition coefficient (Wildman–Crippen LogP) is 3.53. The summed E-state index contributed by atoms with van der Waals surface area (Å²) in [6.45, 7) is 0. The van der Waals surface area contributed by atoms with Crippen molar-refractivity contribution >= 4 is 0 Å². The molecule has 2 aromatic rings. The van der Waals surface area contributed by atoms with Crippen LogP contribution in [0.5, 0.6) is 0 Å². The molecule has 0 saturated carbocycles. The topological polar surface area (TPSA) is 107 Å². The fraction of sp³-hybridized carbons (Fsp3) is 0.238. The molecule has 2 aromatic carbocycles. The third-order valence-electron chi connectivity index (χ3n) is 4.94. The van der Waals surface area contributed by atoms with E-state index in [9.17, 15) is 21.0 Å². The van der Waals surface area contributed by atoms with Crippen LogP contribution in [0.15, 0.2) is 60.7 Å². The van der Waals surface area contributed by atoms with E-state index in [2.05, 4.69) is 29.6 Å². The second-order valence-electron chi connectivity index (χ2n) is 6.42. The Kier molecular flexibility index (Phi) is 4.43. The van der Waals surface area contributed by atoms with Crippen molar-refractivity contribution in [2.24, 2.45) is 10.8 Å². The van der Waals surface area contributed by atoms with Crippen molar-refractivity contribution in [3.63, 3.8) is 0 Å². The van der Waals surface area contributed by atoms with E-state index < -0.39 is 22.9 Å². The predicted molar refractivity (Wildman–Crippen MR) is 93.4 cm³/mol. The second-order valence-corrected chi connectivity index (χ2v) is 6.42. The van der Waals surface area contributed by atoms with E-state index in [1.807, 2.05) is 60.7 Å². The Balaban J connectivity index is 2.19. The van der Waals surface area contributed by atoms with Gasteiger partial charge in [-0.2, -0.15) is 21.0 Å². The average Bonchev–Trinajstić information content (AvgIpc) is 2.74. The maximum Gasteiger partial charge on any atom is 0.165 e. The maximum absolute atomic E-state index is 9.82. The van der Waals surface area contributed by atoms with Crippen molar-refractivity contribution in [1.29, 1.82) is 21.0 Å². The Morgan fingerprint density at radius 1 is 0.654 bits per heavy atom. The Bertz CT molecular complexity index is 846. The number of nitrogens with zero attached hydrogens (tertiary/aromatic N) is 4. The van der Waals surface area contributed by atoms with Gasteiger partial charge < -0.3 is 0 Å². The van der Waals surface area contributed by atoms with Gasteiger partial charge in [0.15, 0.2) is 10.8 Å². The molecular formula is C21H15N5. The van der Waals surface area contributed by atoms with Crippen LogP contribution in [-0.4, -0.2) is 0 Å². The number of hydrogen-bond donors (Lipinski definition) is 1. The maximum atomic E-state index is 9.82. The molecule has 1 aliphatic rings. The molecule has 5 heteroatoms. The van der Waals surface area contributed by atoms with E-state index >= 15 is 0 Å². The molecule has 5 nitrogen and oxygen atoms in total. The van der Waals surface area contributed by atoms with Crippen LogP contribution in [0.2, 0.25) is 0 Å². The molecule has 1 saturated heterocycles. The van der Waals surface area contributed by atoms with Gasteiger partial charge in [-0.15, -0.1) is 0 Å². The van der Waals surface area contributed by atoms with Crippen molar-refractivity contribution in [2.75, 3.05) is 0 Å². The fourth-order valence-corrected chi connectivity index (χ4v) is 3.61. The van der Waals surface area contributed by atoms with E-state index in [1.165, 1.54) is 0 Å². The largest absolute Gasteiger partial charge is 0.298 e. The lowest BCUT2D eigenvalue weighted by molar-refractivity contribution is 0.136. The van der Waals surface area contributed by atoms with Gasteiger partial charge in [0.2, 0.25) is 0 Å². The molecule has 0 aromatic heterocycles. The van der Waals surface area contributed by atoms with E-state index in [0.29, 0.717) is 0 Å². The highest BCUT2D eigenvalue weighted by Crippen LogP contribution is 2.53. The van der Waals surface area contributed by atoms with Gasteiger partial charge >= 0.3 is 0 Å². The summed E-state index contributed by atoms with van der Waals surface area (Å²) in [5.41, 5.74) is -1.47. The summed E-state index contributed by atoms with van der Waals surface area (Å²) < 4.78 is 0. The van der Waals surface area contributed by atoms with Crippen LogP contribution in [-0.2, 0) is 0 Å². The van der Waals surface area contributed by atoms with Gasteiger partial charge in [0.1, 0.15) is 0 Å². The zero-order valence-corrected chi connectivity index (χ0v) is 13.9. The summed E-state index contributed by atoms with van der Waals surface area (Å²) in [6, 6.07) is 25.6. The first kappa shape index (κ1) is 17.2. The Morgan fingerprint density at radius 3 is 1.31 bits per heavy atom. The molecule has 0 spiro atoms. The molecular weight excluding hydrogens is 322 g/mol. The number of rotatable bonds is 2. The Morgan fingerprint density at radius 2 is 1.00 bits per heavy atom. The van der Waals surface area contributed by atoms with Gasteiger partial charge in [0.25, 0.3) is 0 Å². The van der Waals surface area contributed by atoms with Gasteiger partial charge in [-0.3, -0.25) is 5.32 Å². The number of piperidine rings is 1. The second kappa shape index (κ2) is 6.70. The summed E-state index contributed by atoms with van der Waals surface area (Å²) in [6.07, 6.45) is -0.147. The first-order chi connectivity index (χ1) is 12.6. The average molecular weight is 337 g/mol. The molecule has 0 unspecified atom stereocenters. The fourth-order valence-electron chi connectivity index (χ4n) is 3.61. The van der Waals surface area contributed by atoms with Crippen molar-refractivity contribution in [2.45, 2.75) is 18.5 Å². The molecule has 2 atom stereocenters. The first-order valence-electron chi connectivity index (χ1n) is 8.15. The monoisotopic (exact) mass is 337 g/mol. The zero-order valence-electron chi connectivity index (χ0n) is 13.9. The molecule has 3 rings (SSSR count). The highest BCUT2D eigenvalue weighted by molar-refractivity contribution is 5.40. The lowest BCUT2D eigenvalue weighted by Crippen LogP contribution is -2.52. The van der Waals surface area contributed by atoms with Crippen molar-refractivity contribution < 1.29 is 0 Å². The minimum Gasteiger partial charge on any atom is -0.298 e. The van der Waals surface area contributed by atoms with Crippen LogP contribution < -0.4 is 5.32 Å². The van der Waals surface area contributed by atoms with Crippen LogP contribution in [0.3, 0.4) is 0 Å². The normalized spacial score (nSPS) is 22.8. The van der Waals surface area contributed by atoms with Crippen LogP contribution in [0.25, 0.3) is 0 Å². The van der Waals surface area contributed by atoms with E-state index in [0.717, 1.165) is 11.1 Å². The summed E-state index contributed by atoms with van der Waals surface area (Å²) in [5.74, 6) is 0. The minimum absolute atomic E-state index is 0.147. The lowest BCUT2D eigenvalue weighted by atomic mass is 9.60. The first-order valence-corrected chi connectivity index (χ1v) is 8.15. The summed E-state index contributed by atoms with van der Waals surface area (Å²) in [4.78, 5) is 0. The van der Waals surface area contributed by atoms with Crippen LogP contribution in [0, 0.1) is 56.2 Å². The molecule has 0 radical (unpaired) electrons. The van der Waals surface area contributed by atoms with Crippen molar-refractivity contribution in [3.05, 3.63) is 71.8 Å². The standard InChI is InChI=1S/C21H15N5/c22-12-20(13-23)11-21(14-24,15-25)19(17-9-5-2-6-10-17)26-18(20)16-7-3-1-4-8-16/h1-10,18-19,26H,11H2/t18-,19+.